The largest absolute Gasteiger partial charge is 0.475 e. The number of nitrogens with zero attached hydrogens (tertiary/aromatic N) is 1. The van der Waals surface area contributed by atoms with Gasteiger partial charge in [-0.2, -0.15) is 5.26 Å². The van der Waals surface area contributed by atoms with E-state index >= 15 is 0 Å². The molecular weight excluding hydrogens is 244 g/mol. The van der Waals surface area contributed by atoms with Gasteiger partial charge in [0.15, 0.2) is 5.72 Å². The second-order valence-electron chi connectivity index (χ2n) is 4.22. The lowest BCUT2D eigenvalue weighted by molar-refractivity contribution is 0.0157. The fourth-order valence-corrected chi connectivity index (χ4v) is 1.82. The summed E-state index contributed by atoms with van der Waals surface area (Å²) in [5, 5.41) is 11.5. The maximum atomic E-state index is 12.1. The number of hydrogen-bond donors (Lipinski definition) is 1. The summed E-state index contributed by atoms with van der Waals surface area (Å²) in [4.78, 5) is 22.6. The van der Waals surface area contributed by atoms with E-state index in [9.17, 15) is 9.59 Å². The van der Waals surface area contributed by atoms with Gasteiger partial charge in [-0.05, 0) is 18.2 Å². The molecule has 1 aromatic rings. The Balaban J connectivity index is 2.11. The van der Waals surface area contributed by atoms with Crippen LogP contribution >= 0.6 is 0 Å². The van der Waals surface area contributed by atoms with E-state index in [-0.39, 0.29) is 12.3 Å². The Morgan fingerprint density at radius 3 is 2.74 bits per heavy atom. The zero-order valence-corrected chi connectivity index (χ0v) is 10.1. The smallest absolute Gasteiger partial charge is 0.254 e. The number of hydrogen-bond acceptors (Lipinski definition) is 4. The lowest BCUT2D eigenvalue weighted by atomic mass is 10.1. The van der Waals surface area contributed by atoms with Crippen molar-refractivity contribution in [2.24, 2.45) is 0 Å². The van der Waals surface area contributed by atoms with Gasteiger partial charge in [-0.3, -0.25) is 9.59 Å². The Bertz CT molecular complexity index is 547. The highest BCUT2D eigenvalue weighted by Crippen LogP contribution is 2.24. The fraction of sp³-hybridized carbons (Fsp3) is 0.214. The van der Waals surface area contributed by atoms with Crippen LogP contribution in [0.25, 0.3) is 0 Å². The molecule has 2 rings (SSSR count). The number of benzene rings is 1. The number of nitrogens with one attached hydrogen (secondary N) is 1. The van der Waals surface area contributed by atoms with Gasteiger partial charge in [0.1, 0.15) is 6.29 Å². The topological polar surface area (TPSA) is 79.2 Å². The van der Waals surface area contributed by atoms with Crippen molar-refractivity contribution in [2.45, 2.75) is 18.6 Å². The van der Waals surface area contributed by atoms with Crippen molar-refractivity contribution in [1.82, 2.24) is 5.32 Å². The van der Waals surface area contributed by atoms with Gasteiger partial charge in [-0.1, -0.05) is 12.1 Å². The maximum absolute atomic E-state index is 12.1. The zero-order valence-electron chi connectivity index (χ0n) is 10.1. The van der Waals surface area contributed by atoms with E-state index in [4.69, 9.17) is 10.00 Å². The molecule has 1 aromatic carbocycles. The molecule has 1 amide bonds. The first-order valence-electron chi connectivity index (χ1n) is 5.77. The molecule has 19 heavy (non-hydrogen) atoms. The summed E-state index contributed by atoms with van der Waals surface area (Å²) in [6, 6.07) is 8.24. The minimum absolute atomic E-state index is 0.0676. The molecule has 0 spiro atoms. The highest BCUT2D eigenvalue weighted by molar-refractivity contribution is 5.95. The summed E-state index contributed by atoms with van der Waals surface area (Å²) in [6.45, 7) is 0. The summed E-state index contributed by atoms with van der Waals surface area (Å²) >= 11 is 0. The van der Waals surface area contributed by atoms with Crippen molar-refractivity contribution >= 4 is 12.2 Å². The molecule has 96 valence electrons. The molecule has 1 atom stereocenters. The molecule has 1 aliphatic heterocycles. The van der Waals surface area contributed by atoms with E-state index in [1.165, 1.54) is 6.26 Å². The van der Waals surface area contributed by atoms with Gasteiger partial charge in [0.05, 0.1) is 18.8 Å². The van der Waals surface area contributed by atoms with Crippen molar-refractivity contribution in [3.05, 3.63) is 47.7 Å². The standard InChI is InChI=1S/C14H12N2O3/c15-8-7-14(6-1-9-19-14)16-13(18)12-4-2-11(10-17)3-5-12/h1-5,9-10H,6-7H2,(H,16,18). The maximum Gasteiger partial charge on any atom is 0.254 e. The Morgan fingerprint density at radius 1 is 1.47 bits per heavy atom. The highest BCUT2D eigenvalue weighted by Gasteiger charge is 2.35. The molecule has 1 N–H and O–H groups in total. The average Bonchev–Trinajstić information content (AvgIpc) is 2.87. The predicted octanol–water partition coefficient (Wildman–Crippen LogP) is 1.77. The molecule has 5 heteroatoms. The molecule has 0 fully saturated rings. The van der Waals surface area contributed by atoms with Gasteiger partial charge < -0.3 is 10.1 Å². The van der Waals surface area contributed by atoms with Crippen molar-refractivity contribution in [3.8, 4) is 6.07 Å². The Hall–Kier alpha value is -2.61. The average molecular weight is 256 g/mol. The molecule has 1 aliphatic rings. The van der Waals surface area contributed by atoms with Crippen LogP contribution in [0.3, 0.4) is 0 Å². The molecule has 0 aromatic heterocycles. The zero-order chi connectivity index (χ0) is 13.7. The van der Waals surface area contributed by atoms with Crippen molar-refractivity contribution < 1.29 is 14.3 Å². The van der Waals surface area contributed by atoms with E-state index in [0.717, 1.165) is 0 Å². The normalized spacial score (nSPS) is 20.4. The van der Waals surface area contributed by atoms with Gasteiger partial charge in [0, 0.05) is 17.5 Å². The van der Waals surface area contributed by atoms with E-state index < -0.39 is 5.72 Å². The minimum Gasteiger partial charge on any atom is -0.475 e. The van der Waals surface area contributed by atoms with Gasteiger partial charge in [0.2, 0.25) is 0 Å². The SMILES string of the molecule is N#CCC1(NC(=O)c2ccc(C=O)cc2)CC=CO1. The van der Waals surface area contributed by atoms with Crippen molar-refractivity contribution in [3.63, 3.8) is 0 Å². The lowest BCUT2D eigenvalue weighted by Gasteiger charge is -2.27. The number of amides is 1. The van der Waals surface area contributed by atoms with Crippen molar-refractivity contribution in [1.29, 1.82) is 5.26 Å². The monoisotopic (exact) mass is 256 g/mol. The second kappa shape index (κ2) is 5.36. The number of carbonyl (C=O) groups is 2. The van der Waals surface area contributed by atoms with Crippen LogP contribution in [0, 0.1) is 11.3 Å². The van der Waals surface area contributed by atoms with Gasteiger partial charge in [0.25, 0.3) is 5.91 Å². The van der Waals surface area contributed by atoms with Gasteiger partial charge in [-0.15, -0.1) is 0 Å². The number of carbonyl (C=O) groups excluding carboxylic acids is 2. The van der Waals surface area contributed by atoms with Crippen LogP contribution in [-0.2, 0) is 4.74 Å². The number of rotatable bonds is 4. The molecule has 0 aliphatic carbocycles. The molecule has 0 saturated heterocycles. The van der Waals surface area contributed by atoms with Crippen LogP contribution in [0.2, 0.25) is 0 Å². The first kappa shape index (κ1) is 12.8. The quantitative estimate of drug-likeness (QED) is 0.833. The van der Waals surface area contributed by atoms with Crippen LogP contribution in [0.5, 0.6) is 0 Å². The van der Waals surface area contributed by atoms with E-state index in [2.05, 4.69) is 5.32 Å². The molecule has 1 unspecified atom stereocenters. The molecule has 0 saturated carbocycles. The van der Waals surface area contributed by atoms with E-state index in [0.29, 0.717) is 23.8 Å². The molecule has 0 bridgehead atoms. The second-order valence-corrected chi connectivity index (χ2v) is 4.22. The van der Waals surface area contributed by atoms with E-state index in [1.54, 1.807) is 30.3 Å². The Labute approximate surface area is 110 Å². The van der Waals surface area contributed by atoms with E-state index in [1.807, 2.05) is 6.07 Å². The lowest BCUT2D eigenvalue weighted by Crippen LogP contribution is -2.47. The van der Waals surface area contributed by atoms with Crippen molar-refractivity contribution in [2.75, 3.05) is 0 Å². The fourth-order valence-electron chi connectivity index (χ4n) is 1.82. The van der Waals surface area contributed by atoms with Crippen LogP contribution in [0.4, 0.5) is 0 Å². The van der Waals surface area contributed by atoms with Gasteiger partial charge >= 0.3 is 0 Å². The number of ether oxygens (including phenoxy) is 1. The summed E-state index contributed by atoms with van der Waals surface area (Å²) in [6.07, 6.45) is 4.47. The molecule has 5 nitrogen and oxygen atoms in total. The summed E-state index contributed by atoms with van der Waals surface area (Å²) < 4.78 is 5.33. The number of aldehydes is 1. The third-order valence-electron chi connectivity index (χ3n) is 2.85. The highest BCUT2D eigenvalue weighted by atomic mass is 16.5. The Morgan fingerprint density at radius 2 is 2.21 bits per heavy atom. The summed E-state index contributed by atoms with van der Waals surface area (Å²) in [7, 11) is 0. The third kappa shape index (κ3) is 2.80. The third-order valence-corrected chi connectivity index (χ3v) is 2.85. The molecule has 0 radical (unpaired) electrons. The summed E-state index contributed by atoms with van der Waals surface area (Å²) in [5.74, 6) is -0.337. The Kier molecular flexibility index (Phi) is 3.62. The predicted molar refractivity (Wildman–Crippen MR) is 67.1 cm³/mol. The summed E-state index contributed by atoms with van der Waals surface area (Å²) in [5.41, 5.74) is -0.0599. The molecular formula is C14H12N2O3. The minimum atomic E-state index is -0.977. The van der Waals surface area contributed by atoms with Crippen LogP contribution in [0.1, 0.15) is 33.6 Å². The molecule has 1 heterocycles. The van der Waals surface area contributed by atoms with Crippen LogP contribution in [-0.4, -0.2) is 17.9 Å². The number of nitriles is 1. The van der Waals surface area contributed by atoms with Crippen LogP contribution < -0.4 is 5.32 Å². The first-order valence-corrected chi connectivity index (χ1v) is 5.77. The first-order chi connectivity index (χ1) is 9.19. The van der Waals surface area contributed by atoms with Gasteiger partial charge in [-0.25, -0.2) is 0 Å². The van der Waals surface area contributed by atoms with Crippen LogP contribution in [0.15, 0.2) is 36.6 Å².